The number of aromatic nitrogens is 2. The third kappa shape index (κ3) is 7.35. The second-order valence-electron chi connectivity index (χ2n) is 10.6. The molecule has 1 fully saturated rings. The summed E-state index contributed by atoms with van der Waals surface area (Å²) >= 11 is 6.80. The van der Waals surface area contributed by atoms with E-state index in [9.17, 15) is 9.59 Å². The Balaban J connectivity index is 1.40. The number of thioether (sulfide) groups is 1. The number of anilines is 1. The van der Waals surface area contributed by atoms with E-state index in [0.717, 1.165) is 6.42 Å². The van der Waals surface area contributed by atoms with Crippen molar-refractivity contribution < 1.29 is 18.7 Å². The van der Waals surface area contributed by atoms with Gasteiger partial charge in [0.25, 0.3) is 8.32 Å². The van der Waals surface area contributed by atoms with Crippen molar-refractivity contribution in [3.63, 3.8) is 0 Å². The molecular weight excluding hydrogens is 566 g/mol. The number of unbranched alkanes of at least 4 members (excludes halogenated alkanes) is 1. The van der Waals surface area contributed by atoms with E-state index in [0.29, 0.717) is 31.1 Å². The Morgan fingerprint density at radius 1 is 1.10 bits per heavy atom. The van der Waals surface area contributed by atoms with E-state index in [1.807, 2.05) is 12.1 Å². The molecule has 1 saturated heterocycles. The second-order valence-corrected chi connectivity index (χ2v) is 16.4. The molecule has 11 heteroatoms. The first kappa shape index (κ1) is 30.3. The van der Waals surface area contributed by atoms with Crippen LogP contribution in [-0.4, -0.2) is 54.2 Å². The van der Waals surface area contributed by atoms with Crippen molar-refractivity contribution >= 4 is 53.3 Å². The van der Waals surface area contributed by atoms with Crippen LogP contribution in [-0.2, 0) is 13.9 Å². The molecule has 1 aliphatic heterocycles. The number of benzene rings is 2. The highest BCUT2D eigenvalue weighted by atomic mass is 35.5. The maximum atomic E-state index is 12.8. The SMILES string of the molecule is CC(C)(C)[Si](OC[C@H]1O[C@@H](n2ccc(NCCCCOC(=O)Cl)nc2=O)CS1)(c1ccccc1)c1ccccc1. The number of halogens is 1. The lowest BCUT2D eigenvalue weighted by Gasteiger charge is -2.43. The minimum absolute atomic E-state index is 0.128. The first-order valence-electron chi connectivity index (χ1n) is 13.4. The van der Waals surface area contributed by atoms with Gasteiger partial charge in [-0.25, -0.2) is 9.59 Å². The number of hydrogen-bond acceptors (Lipinski definition) is 8. The number of carbonyl (C=O) groups is 1. The van der Waals surface area contributed by atoms with Gasteiger partial charge in [-0.3, -0.25) is 4.57 Å². The van der Waals surface area contributed by atoms with Crippen LogP contribution in [0.15, 0.2) is 77.7 Å². The quantitative estimate of drug-likeness (QED) is 0.177. The maximum absolute atomic E-state index is 12.8. The van der Waals surface area contributed by atoms with Crippen LogP contribution in [0.25, 0.3) is 0 Å². The molecule has 0 aliphatic carbocycles. The smallest absolute Gasteiger partial charge is 0.403 e. The number of ether oxygens (including phenoxy) is 2. The number of rotatable bonds is 12. The van der Waals surface area contributed by atoms with Gasteiger partial charge in [0.2, 0.25) is 0 Å². The van der Waals surface area contributed by atoms with E-state index in [4.69, 9.17) is 25.5 Å². The summed E-state index contributed by atoms with van der Waals surface area (Å²) in [5, 5.41) is 5.43. The number of carbonyl (C=O) groups excluding carboxylic acids is 1. The Hall–Kier alpha value is -2.63. The largest absolute Gasteiger partial charge is 0.454 e. The Labute approximate surface area is 245 Å². The Morgan fingerprint density at radius 2 is 1.75 bits per heavy atom. The van der Waals surface area contributed by atoms with Gasteiger partial charge in [0.1, 0.15) is 17.5 Å². The molecule has 0 bridgehead atoms. The molecule has 1 aliphatic rings. The molecule has 4 rings (SSSR count). The van der Waals surface area contributed by atoms with E-state index in [2.05, 4.69) is 79.6 Å². The lowest BCUT2D eigenvalue weighted by molar-refractivity contribution is -0.00349. The summed E-state index contributed by atoms with van der Waals surface area (Å²) in [6.07, 6.45) is 2.69. The van der Waals surface area contributed by atoms with Gasteiger partial charge in [-0.05, 0) is 34.3 Å². The van der Waals surface area contributed by atoms with Crippen LogP contribution in [0.5, 0.6) is 0 Å². The van der Waals surface area contributed by atoms with Gasteiger partial charge in [0, 0.05) is 30.1 Å². The van der Waals surface area contributed by atoms with Crippen molar-refractivity contribution in [1.29, 1.82) is 0 Å². The summed E-state index contributed by atoms with van der Waals surface area (Å²) in [5.74, 6) is 1.12. The van der Waals surface area contributed by atoms with Gasteiger partial charge in [-0.1, -0.05) is 81.4 Å². The highest BCUT2D eigenvalue weighted by Crippen LogP contribution is 2.38. The number of nitrogens with one attached hydrogen (secondary N) is 1. The molecule has 0 amide bonds. The summed E-state index contributed by atoms with van der Waals surface area (Å²) in [7, 11) is -2.68. The molecule has 2 atom stereocenters. The first-order valence-corrected chi connectivity index (χ1v) is 16.7. The monoisotopic (exact) mass is 601 g/mol. The molecule has 1 aromatic heterocycles. The van der Waals surface area contributed by atoms with Crippen LogP contribution in [0.1, 0.15) is 39.8 Å². The van der Waals surface area contributed by atoms with Gasteiger partial charge < -0.3 is 19.2 Å². The standard InChI is InChI=1S/C29H36ClN3O5SSi/c1-29(2,3)40(22-12-6-4-7-13-22,23-14-8-5-9-15-23)37-20-26-38-25(21-39-26)33-18-16-24(32-28(33)35)31-17-10-11-19-36-27(30)34/h4-9,12-16,18,25-26H,10-11,17,19-21H2,1-3H3,(H,31,32,35)/t25-,26+/m1/s1. The fourth-order valence-electron chi connectivity index (χ4n) is 4.96. The molecular formula is C29H36ClN3O5SSi. The average Bonchev–Trinajstić information content (AvgIpc) is 3.40. The van der Waals surface area contributed by atoms with Crippen LogP contribution in [0.3, 0.4) is 0 Å². The minimum atomic E-state index is -2.68. The molecule has 2 heterocycles. The molecule has 0 saturated carbocycles. The zero-order valence-electron chi connectivity index (χ0n) is 23.0. The van der Waals surface area contributed by atoms with Crippen molar-refractivity contribution in [1.82, 2.24) is 9.55 Å². The third-order valence-corrected chi connectivity index (χ3v) is 13.0. The summed E-state index contributed by atoms with van der Waals surface area (Å²) in [4.78, 5) is 27.5. The van der Waals surface area contributed by atoms with Gasteiger partial charge in [0.15, 0.2) is 0 Å². The van der Waals surface area contributed by atoms with E-state index in [-0.39, 0.29) is 22.8 Å². The van der Waals surface area contributed by atoms with E-state index < -0.39 is 20.0 Å². The van der Waals surface area contributed by atoms with Gasteiger partial charge in [-0.15, -0.1) is 11.8 Å². The van der Waals surface area contributed by atoms with E-state index in [1.54, 1.807) is 24.0 Å². The third-order valence-electron chi connectivity index (χ3n) is 6.82. The highest BCUT2D eigenvalue weighted by molar-refractivity contribution is 8.00. The normalized spacial score (nSPS) is 17.5. The summed E-state index contributed by atoms with van der Waals surface area (Å²) in [5.41, 5.74) is -1.39. The molecule has 2 aromatic carbocycles. The number of hydrogen-bond donors (Lipinski definition) is 1. The zero-order valence-corrected chi connectivity index (χ0v) is 25.6. The van der Waals surface area contributed by atoms with Crippen LogP contribution >= 0.6 is 23.4 Å². The Kier molecular flexibility index (Phi) is 10.5. The number of nitrogens with zero attached hydrogens (tertiary/aromatic N) is 2. The van der Waals surface area contributed by atoms with Crippen LogP contribution < -0.4 is 21.4 Å². The van der Waals surface area contributed by atoms with Crippen LogP contribution in [0.4, 0.5) is 10.6 Å². The van der Waals surface area contributed by atoms with Crippen molar-refractivity contribution in [3.05, 3.63) is 83.4 Å². The summed E-state index contributed by atoms with van der Waals surface area (Å²) in [6, 6.07) is 22.8. The Morgan fingerprint density at radius 3 is 2.33 bits per heavy atom. The minimum Gasteiger partial charge on any atom is -0.454 e. The fraction of sp³-hybridized carbons (Fsp3) is 0.414. The Bertz CT molecular complexity index is 1270. The molecule has 0 spiro atoms. The van der Waals surface area contributed by atoms with E-state index in [1.165, 1.54) is 14.9 Å². The molecule has 3 aromatic rings. The molecule has 0 radical (unpaired) electrons. The highest BCUT2D eigenvalue weighted by Gasteiger charge is 2.50. The lowest BCUT2D eigenvalue weighted by Crippen LogP contribution is -2.67. The predicted octanol–water partition coefficient (Wildman–Crippen LogP) is 4.98. The molecule has 1 N–H and O–H groups in total. The first-order chi connectivity index (χ1) is 19.2. The molecule has 214 valence electrons. The zero-order chi connectivity index (χ0) is 28.6. The van der Waals surface area contributed by atoms with E-state index >= 15 is 0 Å². The van der Waals surface area contributed by atoms with Crippen molar-refractivity contribution in [2.24, 2.45) is 0 Å². The molecule has 0 unspecified atom stereocenters. The predicted molar refractivity (Wildman–Crippen MR) is 163 cm³/mol. The summed E-state index contributed by atoms with van der Waals surface area (Å²) in [6.45, 7) is 8.01. The lowest BCUT2D eigenvalue weighted by atomic mass is 10.2. The fourth-order valence-corrected chi connectivity index (χ4v) is 10.7. The molecule has 8 nitrogen and oxygen atoms in total. The average molecular weight is 602 g/mol. The summed E-state index contributed by atoms with van der Waals surface area (Å²) < 4.78 is 19.5. The topological polar surface area (TPSA) is 91.7 Å². The van der Waals surface area contributed by atoms with Gasteiger partial charge in [0.05, 0.1) is 13.2 Å². The van der Waals surface area contributed by atoms with Gasteiger partial charge in [-0.2, -0.15) is 4.98 Å². The molecule has 40 heavy (non-hydrogen) atoms. The van der Waals surface area contributed by atoms with Gasteiger partial charge >= 0.3 is 11.1 Å². The van der Waals surface area contributed by atoms with Crippen molar-refractivity contribution in [3.8, 4) is 0 Å². The second kappa shape index (κ2) is 13.8. The van der Waals surface area contributed by atoms with Crippen LogP contribution in [0, 0.1) is 0 Å². The van der Waals surface area contributed by atoms with Crippen molar-refractivity contribution in [2.75, 3.05) is 30.8 Å². The van der Waals surface area contributed by atoms with Crippen LogP contribution in [0.2, 0.25) is 5.04 Å². The van der Waals surface area contributed by atoms with Crippen molar-refractivity contribution in [2.45, 2.75) is 50.3 Å². The maximum Gasteiger partial charge on any atom is 0.403 e.